The zero-order valence-corrected chi connectivity index (χ0v) is 24.3. The molecule has 4 aromatic carbocycles. The first-order valence-electron chi connectivity index (χ1n) is 14.2. The summed E-state index contributed by atoms with van der Waals surface area (Å²) < 4.78 is 33.6. The maximum Gasteiger partial charge on any atom is 0.258 e. The van der Waals surface area contributed by atoms with Gasteiger partial charge < -0.3 is 15.0 Å². The Bertz CT molecular complexity index is 1740. The Hall–Kier alpha value is -4.05. The highest BCUT2D eigenvalue weighted by atomic mass is 32.2. The van der Waals surface area contributed by atoms with Gasteiger partial charge in [0.1, 0.15) is 0 Å². The Labute approximate surface area is 245 Å². The second-order valence-corrected chi connectivity index (χ2v) is 12.7. The third kappa shape index (κ3) is 5.19. The van der Waals surface area contributed by atoms with Crippen molar-refractivity contribution >= 4 is 44.0 Å². The lowest BCUT2D eigenvalue weighted by Gasteiger charge is -2.31. The van der Waals surface area contributed by atoms with Crippen LogP contribution in [0, 0.1) is 5.92 Å². The number of methoxy groups -OCH3 is 1. The molecule has 1 fully saturated rings. The summed E-state index contributed by atoms with van der Waals surface area (Å²) in [4.78, 5) is 28.6. The number of amides is 2. The molecule has 0 radical (unpaired) electrons. The van der Waals surface area contributed by atoms with Crippen LogP contribution in [0.5, 0.6) is 0 Å². The molecule has 1 N–H and O–H groups in total. The first-order valence-corrected chi connectivity index (χ1v) is 15.7. The topological polar surface area (TPSA) is 96.0 Å². The summed E-state index contributed by atoms with van der Waals surface area (Å²) in [5, 5.41) is 4.66. The summed E-state index contributed by atoms with van der Waals surface area (Å²) in [6.07, 6.45) is 1.90. The van der Waals surface area contributed by atoms with E-state index < -0.39 is 15.9 Å². The predicted molar refractivity (Wildman–Crippen MR) is 164 cm³/mol. The van der Waals surface area contributed by atoms with Crippen molar-refractivity contribution in [3.8, 4) is 11.1 Å². The van der Waals surface area contributed by atoms with Crippen LogP contribution in [0.3, 0.4) is 0 Å². The van der Waals surface area contributed by atoms with Gasteiger partial charge in [0.15, 0.2) is 0 Å². The number of hydrogen-bond acceptors (Lipinski definition) is 5. The minimum atomic E-state index is -3.76. The van der Waals surface area contributed by atoms with Gasteiger partial charge in [-0.2, -0.15) is 4.31 Å². The predicted octanol–water partition coefficient (Wildman–Crippen LogP) is 5.54. The largest absolute Gasteiger partial charge is 0.385 e. The van der Waals surface area contributed by atoms with Crippen molar-refractivity contribution < 1.29 is 22.7 Å². The fourth-order valence-electron chi connectivity index (χ4n) is 5.95. The number of ether oxygens (including phenoxy) is 1. The first kappa shape index (κ1) is 28.1. The van der Waals surface area contributed by atoms with Gasteiger partial charge in [-0.25, -0.2) is 8.42 Å². The number of nitrogens with one attached hydrogen (secondary N) is 1. The lowest BCUT2D eigenvalue weighted by atomic mass is 9.98. The van der Waals surface area contributed by atoms with Gasteiger partial charge in [0, 0.05) is 55.4 Å². The third-order valence-corrected chi connectivity index (χ3v) is 10.0. The lowest BCUT2D eigenvalue weighted by Crippen LogP contribution is -2.43. The van der Waals surface area contributed by atoms with Crippen molar-refractivity contribution in [2.45, 2.75) is 24.2 Å². The van der Waals surface area contributed by atoms with Crippen LogP contribution >= 0.6 is 0 Å². The molecule has 6 rings (SSSR count). The van der Waals surface area contributed by atoms with Crippen LogP contribution in [0.4, 0.5) is 11.4 Å². The second-order valence-electron chi connectivity index (χ2n) is 10.7. The van der Waals surface area contributed by atoms with Crippen molar-refractivity contribution in [3.63, 3.8) is 0 Å². The van der Waals surface area contributed by atoms with Gasteiger partial charge in [-0.1, -0.05) is 54.6 Å². The molecule has 0 bridgehead atoms. The van der Waals surface area contributed by atoms with Gasteiger partial charge in [0.2, 0.25) is 15.9 Å². The van der Waals surface area contributed by atoms with Crippen LogP contribution in [0.25, 0.3) is 21.9 Å². The van der Waals surface area contributed by atoms with E-state index in [1.165, 1.54) is 4.31 Å². The van der Waals surface area contributed by atoms with Crippen molar-refractivity contribution in [2.75, 3.05) is 43.6 Å². The average molecular weight is 584 g/mol. The summed E-state index contributed by atoms with van der Waals surface area (Å²) >= 11 is 0. The number of carbonyl (C=O) groups is 2. The minimum absolute atomic E-state index is 0.0555. The smallest absolute Gasteiger partial charge is 0.258 e. The van der Waals surface area contributed by atoms with E-state index in [0.717, 1.165) is 27.6 Å². The molecular weight excluding hydrogens is 550 g/mol. The van der Waals surface area contributed by atoms with Crippen LogP contribution in [0.2, 0.25) is 0 Å². The quantitative estimate of drug-likeness (QED) is 0.261. The van der Waals surface area contributed by atoms with Gasteiger partial charge in [0.25, 0.3) is 5.91 Å². The standard InChI is InChI=1S/C33H33N3O5S/c1-41-21-7-20-36-30-18-17-29(27-11-5-12-28(31(27)30)33(36)38)34-32(37)25-10-6-19-35(22-25)42(39,40)26-15-13-24(14-16-26)23-8-3-2-4-9-23/h2-5,8-9,11-18,25H,6-7,10,19-22H2,1H3,(H,34,37). The van der Waals surface area contributed by atoms with Crippen LogP contribution < -0.4 is 10.2 Å². The molecule has 2 amide bonds. The Kier molecular flexibility index (Phi) is 7.81. The van der Waals surface area contributed by atoms with Gasteiger partial charge in [-0.15, -0.1) is 0 Å². The number of carbonyl (C=O) groups excluding carboxylic acids is 2. The minimum Gasteiger partial charge on any atom is -0.385 e. The SMILES string of the molecule is COCCCN1C(=O)c2cccc3c(NC(=O)C4CCCN(S(=O)(=O)c5ccc(-c6ccccc6)cc5)C4)ccc1c23. The Balaban J connectivity index is 1.18. The van der Waals surface area contributed by atoms with Gasteiger partial charge in [-0.3, -0.25) is 9.59 Å². The van der Waals surface area contributed by atoms with Crippen molar-refractivity contribution in [1.29, 1.82) is 0 Å². The average Bonchev–Trinajstić information content (AvgIpc) is 3.30. The summed E-state index contributed by atoms with van der Waals surface area (Å²) in [5.74, 6) is -0.774. The van der Waals surface area contributed by atoms with Crippen molar-refractivity contribution in [3.05, 3.63) is 90.5 Å². The lowest BCUT2D eigenvalue weighted by molar-refractivity contribution is -0.120. The van der Waals surface area contributed by atoms with Gasteiger partial charge in [0.05, 0.1) is 16.5 Å². The number of benzene rings is 4. The van der Waals surface area contributed by atoms with Crippen LogP contribution in [-0.4, -0.2) is 57.9 Å². The monoisotopic (exact) mass is 583 g/mol. The van der Waals surface area contributed by atoms with Crippen molar-refractivity contribution in [1.82, 2.24) is 4.31 Å². The molecule has 0 aromatic heterocycles. The number of anilines is 2. The van der Waals surface area contributed by atoms with E-state index in [0.29, 0.717) is 50.2 Å². The summed E-state index contributed by atoms with van der Waals surface area (Å²) in [6.45, 7) is 1.59. The van der Waals surface area contributed by atoms with Crippen LogP contribution in [0.1, 0.15) is 29.6 Å². The molecule has 42 heavy (non-hydrogen) atoms. The molecule has 1 unspecified atom stereocenters. The number of sulfonamides is 1. The highest BCUT2D eigenvalue weighted by molar-refractivity contribution is 7.89. The molecule has 8 nitrogen and oxygen atoms in total. The molecular formula is C33H33N3O5S. The molecule has 2 heterocycles. The van der Waals surface area contributed by atoms with E-state index in [9.17, 15) is 18.0 Å². The molecule has 1 atom stereocenters. The molecule has 0 aliphatic carbocycles. The molecule has 9 heteroatoms. The third-order valence-electron chi connectivity index (χ3n) is 8.13. The fraction of sp³-hybridized carbons (Fsp3) is 0.273. The maximum absolute atomic E-state index is 13.5. The molecule has 4 aromatic rings. The molecule has 2 aliphatic rings. The highest BCUT2D eigenvalue weighted by Crippen LogP contribution is 2.41. The zero-order chi connectivity index (χ0) is 29.3. The number of rotatable bonds is 9. The fourth-order valence-corrected chi connectivity index (χ4v) is 7.48. The Morgan fingerprint density at radius 2 is 1.71 bits per heavy atom. The van der Waals surface area contributed by atoms with E-state index in [4.69, 9.17) is 4.74 Å². The molecule has 1 saturated heterocycles. The van der Waals surface area contributed by atoms with Crippen molar-refractivity contribution in [2.24, 2.45) is 5.92 Å². The summed E-state index contributed by atoms with van der Waals surface area (Å²) in [5.41, 5.74) is 4.01. The molecule has 0 saturated carbocycles. The van der Waals surface area contributed by atoms with E-state index in [-0.39, 0.29) is 23.3 Å². The van der Waals surface area contributed by atoms with E-state index in [1.807, 2.05) is 72.8 Å². The summed E-state index contributed by atoms with van der Waals surface area (Å²) in [7, 11) is -2.12. The normalized spacial score (nSPS) is 17.1. The van der Waals surface area contributed by atoms with Crippen LogP contribution in [-0.2, 0) is 19.6 Å². The van der Waals surface area contributed by atoms with Gasteiger partial charge in [-0.05, 0) is 60.7 Å². The Morgan fingerprint density at radius 3 is 2.48 bits per heavy atom. The number of hydrogen-bond donors (Lipinski definition) is 1. The Morgan fingerprint density at radius 1 is 0.952 bits per heavy atom. The number of piperidine rings is 1. The van der Waals surface area contributed by atoms with E-state index >= 15 is 0 Å². The summed E-state index contributed by atoms with van der Waals surface area (Å²) in [6, 6.07) is 25.9. The van der Waals surface area contributed by atoms with Crippen LogP contribution in [0.15, 0.2) is 89.8 Å². The van der Waals surface area contributed by atoms with E-state index in [2.05, 4.69) is 5.32 Å². The zero-order valence-electron chi connectivity index (χ0n) is 23.5. The molecule has 216 valence electrons. The van der Waals surface area contributed by atoms with E-state index in [1.54, 1.807) is 24.1 Å². The molecule has 2 aliphatic heterocycles. The highest BCUT2D eigenvalue weighted by Gasteiger charge is 2.34. The first-order chi connectivity index (χ1) is 20.4. The number of nitrogens with zero attached hydrogens (tertiary/aromatic N) is 2. The molecule has 0 spiro atoms. The second kappa shape index (κ2) is 11.7. The van der Waals surface area contributed by atoms with Gasteiger partial charge >= 0.3 is 0 Å². The maximum atomic E-state index is 13.5.